The van der Waals surface area contributed by atoms with Crippen molar-refractivity contribution in [1.82, 2.24) is 0 Å². The molecule has 0 aliphatic carbocycles. The van der Waals surface area contributed by atoms with Crippen LogP contribution in [0.1, 0.15) is 330 Å². The van der Waals surface area contributed by atoms with Gasteiger partial charge in [-0.25, -0.2) is 0 Å². The van der Waals surface area contributed by atoms with Gasteiger partial charge in [0.15, 0.2) is 6.10 Å². The van der Waals surface area contributed by atoms with Gasteiger partial charge in [-0.15, -0.1) is 0 Å². The van der Waals surface area contributed by atoms with Gasteiger partial charge in [0.2, 0.25) is 0 Å². The minimum Gasteiger partial charge on any atom is -0.462 e. The number of esters is 3. The molecule has 0 aromatic carbocycles. The summed E-state index contributed by atoms with van der Waals surface area (Å²) in [5.41, 5.74) is 0. The lowest BCUT2D eigenvalue weighted by Gasteiger charge is -2.18. The van der Waals surface area contributed by atoms with Crippen molar-refractivity contribution in [3.63, 3.8) is 0 Å². The molecule has 0 bridgehead atoms. The van der Waals surface area contributed by atoms with E-state index >= 15 is 0 Å². The fourth-order valence-electron chi connectivity index (χ4n) is 9.18. The SMILES string of the molecule is CC(C)CCCCCCCCCCCCCCCCCCC(=O)OC[C@@H](COC(=O)CCCCCCCCCCCCCCCCC(C)C)OC(=O)CCCCCCCCCCCC(C)C. The Kier molecular flexibility index (Phi) is 50.0. The summed E-state index contributed by atoms with van der Waals surface area (Å²) in [6.45, 7) is 13.8. The second kappa shape index (κ2) is 51.3. The monoisotopic (exact) mass is 933 g/mol. The number of carbonyl (C=O) groups excluding carboxylic acids is 3. The van der Waals surface area contributed by atoms with Crippen molar-refractivity contribution in [1.29, 1.82) is 0 Å². The van der Waals surface area contributed by atoms with Crippen molar-refractivity contribution in [3.8, 4) is 0 Å². The number of carbonyl (C=O) groups is 3. The highest BCUT2D eigenvalue weighted by atomic mass is 16.6. The van der Waals surface area contributed by atoms with Crippen molar-refractivity contribution < 1.29 is 28.6 Å². The second-order valence-corrected chi connectivity index (χ2v) is 22.1. The molecule has 6 heteroatoms. The Morgan fingerprint density at radius 2 is 0.439 bits per heavy atom. The van der Waals surface area contributed by atoms with Gasteiger partial charge >= 0.3 is 17.9 Å². The second-order valence-electron chi connectivity index (χ2n) is 22.1. The summed E-state index contributed by atoms with van der Waals surface area (Å²) in [5, 5.41) is 0. The highest BCUT2D eigenvalue weighted by Gasteiger charge is 2.19. The Bertz CT molecular complexity index is 1020. The van der Waals surface area contributed by atoms with E-state index in [1.807, 2.05) is 0 Å². The van der Waals surface area contributed by atoms with E-state index in [0.29, 0.717) is 19.3 Å². The maximum atomic E-state index is 12.8. The molecule has 0 aromatic rings. The van der Waals surface area contributed by atoms with Crippen LogP contribution in [-0.2, 0) is 28.6 Å². The van der Waals surface area contributed by atoms with Crippen molar-refractivity contribution in [2.45, 2.75) is 337 Å². The number of hydrogen-bond donors (Lipinski definition) is 0. The van der Waals surface area contributed by atoms with Crippen LogP contribution >= 0.6 is 0 Å². The number of ether oxygens (including phenoxy) is 3. The summed E-state index contributed by atoms with van der Waals surface area (Å²) in [5.74, 6) is 1.66. The van der Waals surface area contributed by atoms with Crippen LogP contribution in [0.25, 0.3) is 0 Å². The molecule has 0 aliphatic rings. The summed E-state index contributed by atoms with van der Waals surface area (Å²) in [6.07, 6.45) is 53.9. The molecular weight excluding hydrogens is 817 g/mol. The van der Waals surface area contributed by atoms with Gasteiger partial charge in [0.1, 0.15) is 13.2 Å². The van der Waals surface area contributed by atoms with Gasteiger partial charge in [-0.3, -0.25) is 14.4 Å². The largest absolute Gasteiger partial charge is 0.462 e. The van der Waals surface area contributed by atoms with E-state index in [1.165, 1.54) is 212 Å². The van der Waals surface area contributed by atoms with E-state index in [-0.39, 0.29) is 31.1 Å². The number of unbranched alkanes of at least 4 members (excludes halogenated alkanes) is 36. The molecule has 0 saturated carbocycles. The normalized spacial score (nSPS) is 12.1. The highest BCUT2D eigenvalue weighted by Crippen LogP contribution is 2.19. The lowest BCUT2D eigenvalue weighted by Crippen LogP contribution is -2.30. The van der Waals surface area contributed by atoms with E-state index in [9.17, 15) is 14.4 Å². The average molecular weight is 934 g/mol. The molecule has 0 fully saturated rings. The maximum Gasteiger partial charge on any atom is 0.306 e. The Balaban J connectivity index is 4.25. The van der Waals surface area contributed by atoms with Crippen molar-refractivity contribution in [3.05, 3.63) is 0 Å². The lowest BCUT2D eigenvalue weighted by molar-refractivity contribution is -0.167. The highest BCUT2D eigenvalue weighted by molar-refractivity contribution is 5.71. The quantitative estimate of drug-likeness (QED) is 0.0343. The third kappa shape index (κ3) is 53.4. The van der Waals surface area contributed by atoms with Crippen LogP contribution in [0.3, 0.4) is 0 Å². The van der Waals surface area contributed by atoms with E-state index in [1.54, 1.807) is 0 Å². The summed E-state index contributed by atoms with van der Waals surface area (Å²) in [4.78, 5) is 38.2. The summed E-state index contributed by atoms with van der Waals surface area (Å²) < 4.78 is 16.9. The zero-order valence-electron chi connectivity index (χ0n) is 45.5. The van der Waals surface area contributed by atoms with Crippen molar-refractivity contribution in [2.24, 2.45) is 17.8 Å². The molecule has 0 spiro atoms. The first kappa shape index (κ1) is 64.4. The molecule has 0 N–H and O–H groups in total. The first-order chi connectivity index (χ1) is 32.1. The van der Waals surface area contributed by atoms with Gasteiger partial charge in [-0.2, -0.15) is 0 Å². The van der Waals surface area contributed by atoms with Crippen LogP contribution in [0.4, 0.5) is 0 Å². The van der Waals surface area contributed by atoms with Gasteiger partial charge in [0.25, 0.3) is 0 Å². The Hall–Kier alpha value is -1.59. The molecule has 6 nitrogen and oxygen atoms in total. The van der Waals surface area contributed by atoms with Crippen LogP contribution in [0, 0.1) is 17.8 Å². The Labute approximate surface area is 412 Å². The van der Waals surface area contributed by atoms with E-state index in [2.05, 4.69) is 41.5 Å². The smallest absolute Gasteiger partial charge is 0.306 e. The molecule has 1 atom stereocenters. The minimum atomic E-state index is -0.764. The Morgan fingerprint density at radius 3 is 0.652 bits per heavy atom. The van der Waals surface area contributed by atoms with Gasteiger partial charge in [0.05, 0.1) is 0 Å². The standard InChI is InChI=1S/C60H116O6/c1-54(2)46-40-34-28-22-17-13-9-7-8-10-15-19-25-31-37-43-49-58(61)64-52-57(66-60(63)51-45-39-33-27-21-24-30-36-42-48-56(5)6)53-65-59(62)50-44-38-32-26-20-16-12-11-14-18-23-29-35-41-47-55(3)4/h54-57H,7-53H2,1-6H3/t57-/m0/s1. The molecule has 0 aliphatic heterocycles. The fraction of sp³-hybridized carbons (Fsp3) is 0.950. The topological polar surface area (TPSA) is 78.9 Å². The Morgan fingerprint density at radius 1 is 0.258 bits per heavy atom. The van der Waals surface area contributed by atoms with E-state index in [0.717, 1.165) is 75.5 Å². The third-order valence-electron chi connectivity index (χ3n) is 13.6. The first-order valence-corrected chi connectivity index (χ1v) is 29.6. The van der Waals surface area contributed by atoms with E-state index < -0.39 is 6.10 Å². The van der Waals surface area contributed by atoms with Gasteiger partial charge in [-0.1, -0.05) is 292 Å². The van der Waals surface area contributed by atoms with Gasteiger partial charge in [-0.05, 0) is 37.0 Å². The number of hydrogen-bond acceptors (Lipinski definition) is 6. The summed E-state index contributed by atoms with van der Waals surface area (Å²) in [7, 11) is 0. The molecule has 0 rings (SSSR count). The fourth-order valence-corrected chi connectivity index (χ4v) is 9.18. The molecule has 0 saturated heterocycles. The van der Waals surface area contributed by atoms with Crippen molar-refractivity contribution >= 4 is 17.9 Å². The summed E-state index contributed by atoms with van der Waals surface area (Å²) in [6, 6.07) is 0. The van der Waals surface area contributed by atoms with Crippen LogP contribution in [0.5, 0.6) is 0 Å². The predicted octanol–water partition coefficient (Wildman–Crippen LogP) is 19.5. The van der Waals surface area contributed by atoms with E-state index in [4.69, 9.17) is 14.2 Å². The predicted molar refractivity (Wildman–Crippen MR) is 284 cm³/mol. The summed E-state index contributed by atoms with van der Waals surface area (Å²) >= 11 is 0. The van der Waals surface area contributed by atoms with Crippen LogP contribution < -0.4 is 0 Å². The minimum absolute atomic E-state index is 0.0636. The van der Waals surface area contributed by atoms with Crippen LogP contribution in [0.15, 0.2) is 0 Å². The van der Waals surface area contributed by atoms with Crippen LogP contribution in [0.2, 0.25) is 0 Å². The average Bonchev–Trinajstić information content (AvgIpc) is 3.28. The molecule has 0 aromatic heterocycles. The molecule has 0 amide bonds. The molecular formula is C60H116O6. The zero-order chi connectivity index (χ0) is 48.4. The first-order valence-electron chi connectivity index (χ1n) is 29.6. The molecule has 66 heavy (non-hydrogen) atoms. The zero-order valence-corrected chi connectivity index (χ0v) is 45.5. The maximum absolute atomic E-state index is 12.8. The molecule has 0 heterocycles. The number of rotatable bonds is 53. The van der Waals surface area contributed by atoms with Gasteiger partial charge < -0.3 is 14.2 Å². The molecule has 392 valence electrons. The molecule has 0 radical (unpaired) electrons. The van der Waals surface area contributed by atoms with Crippen LogP contribution in [-0.4, -0.2) is 37.2 Å². The van der Waals surface area contributed by atoms with Gasteiger partial charge in [0, 0.05) is 19.3 Å². The van der Waals surface area contributed by atoms with Crippen molar-refractivity contribution in [2.75, 3.05) is 13.2 Å². The lowest BCUT2D eigenvalue weighted by atomic mass is 10.0. The third-order valence-corrected chi connectivity index (χ3v) is 13.6. The molecule has 0 unspecified atom stereocenters.